The van der Waals surface area contributed by atoms with Crippen LogP contribution >= 0.6 is 0 Å². The summed E-state index contributed by atoms with van der Waals surface area (Å²) >= 11 is 0. The van der Waals surface area contributed by atoms with Gasteiger partial charge in [0.1, 0.15) is 5.54 Å². The van der Waals surface area contributed by atoms with Gasteiger partial charge in [-0.2, -0.15) is 5.26 Å². The number of hydrogen-bond donors (Lipinski definition) is 1. The van der Waals surface area contributed by atoms with Crippen LogP contribution in [0.2, 0.25) is 0 Å². The summed E-state index contributed by atoms with van der Waals surface area (Å²) in [7, 11) is 0. The van der Waals surface area contributed by atoms with Gasteiger partial charge in [0.2, 0.25) is 0 Å². The average Bonchev–Trinajstić information content (AvgIpc) is 2.45. The molecule has 3 heteroatoms. The molecule has 2 atom stereocenters. The molecule has 0 heterocycles. The Balaban J connectivity index is 2.03. The van der Waals surface area contributed by atoms with E-state index in [9.17, 15) is 5.26 Å². The zero-order chi connectivity index (χ0) is 13.7. The maximum absolute atomic E-state index is 9.25. The van der Waals surface area contributed by atoms with E-state index in [0.29, 0.717) is 6.61 Å². The Morgan fingerprint density at radius 2 is 2.26 bits per heavy atom. The number of ether oxygens (including phenoxy) is 1. The third-order valence-corrected chi connectivity index (χ3v) is 3.70. The normalized spacial score (nSPS) is 21.2. The molecule has 1 aliphatic carbocycles. The van der Waals surface area contributed by atoms with E-state index in [-0.39, 0.29) is 6.10 Å². The van der Waals surface area contributed by atoms with Crippen molar-refractivity contribution in [3.63, 3.8) is 0 Å². The fourth-order valence-corrected chi connectivity index (χ4v) is 2.66. The Kier molecular flexibility index (Phi) is 4.57. The van der Waals surface area contributed by atoms with Crippen molar-refractivity contribution in [2.24, 2.45) is 0 Å². The number of hydrogen-bond acceptors (Lipinski definition) is 3. The van der Waals surface area contributed by atoms with Crippen LogP contribution in [0.1, 0.15) is 43.9 Å². The van der Waals surface area contributed by atoms with E-state index >= 15 is 0 Å². The number of fused-ring (bicyclic) bond motifs is 1. The Labute approximate surface area is 115 Å². The molecule has 0 amide bonds. The van der Waals surface area contributed by atoms with E-state index < -0.39 is 5.54 Å². The van der Waals surface area contributed by atoms with Crippen LogP contribution in [0.5, 0.6) is 0 Å². The predicted molar refractivity (Wildman–Crippen MR) is 75.8 cm³/mol. The molecular formula is C16H22N2O. The van der Waals surface area contributed by atoms with E-state index in [1.54, 1.807) is 0 Å². The molecule has 2 rings (SSSR count). The minimum absolute atomic E-state index is 0.135. The molecule has 102 valence electrons. The van der Waals surface area contributed by atoms with Crippen LogP contribution in [-0.2, 0) is 11.2 Å². The smallest absolute Gasteiger partial charge is 0.127 e. The summed E-state index contributed by atoms with van der Waals surface area (Å²) < 4.78 is 6.03. The molecule has 0 aliphatic heterocycles. The van der Waals surface area contributed by atoms with Gasteiger partial charge in [0, 0.05) is 0 Å². The van der Waals surface area contributed by atoms with Gasteiger partial charge in [-0.15, -0.1) is 0 Å². The molecule has 0 radical (unpaired) electrons. The van der Waals surface area contributed by atoms with E-state index in [1.807, 2.05) is 13.8 Å². The summed E-state index contributed by atoms with van der Waals surface area (Å²) in [6.07, 6.45) is 3.48. The molecule has 19 heavy (non-hydrogen) atoms. The summed E-state index contributed by atoms with van der Waals surface area (Å²) in [6.45, 7) is 5.10. The lowest BCUT2D eigenvalue weighted by atomic mass is 9.89. The highest BCUT2D eigenvalue weighted by atomic mass is 16.5. The molecule has 0 aromatic heterocycles. The Morgan fingerprint density at radius 3 is 3.00 bits per heavy atom. The molecule has 1 aromatic carbocycles. The lowest BCUT2D eigenvalue weighted by molar-refractivity contribution is 0.0165. The molecule has 0 saturated carbocycles. The zero-order valence-electron chi connectivity index (χ0n) is 11.8. The highest BCUT2D eigenvalue weighted by Gasteiger charge is 2.27. The topological polar surface area (TPSA) is 45.0 Å². The molecule has 0 fully saturated rings. The molecule has 0 bridgehead atoms. The first-order chi connectivity index (χ1) is 9.18. The van der Waals surface area contributed by atoms with Gasteiger partial charge >= 0.3 is 0 Å². The van der Waals surface area contributed by atoms with Gasteiger partial charge in [0.15, 0.2) is 0 Å². The minimum atomic E-state index is -0.596. The van der Waals surface area contributed by atoms with Gasteiger partial charge in [-0.1, -0.05) is 31.2 Å². The first-order valence-corrected chi connectivity index (χ1v) is 7.04. The lowest BCUT2D eigenvalue weighted by Crippen LogP contribution is -2.45. The van der Waals surface area contributed by atoms with Crippen molar-refractivity contribution in [3.8, 4) is 6.07 Å². The summed E-state index contributed by atoms with van der Waals surface area (Å²) in [5, 5.41) is 12.4. The largest absolute Gasteiger partial charge is 0.370 e. The second-order valence-electron chi connectivity index (χ2n) is 5.36. The second kappa shape index (κ2) is 6.18. The third kappa shape index (κ3) is 3.34. The summed E-state index contributed by atoms with van der Waals surface area (Å²) in [4.78, 5) is 0. The van der Waals surface area contributed by atoms with Crippen molar-refractivity contribution >= 4 is 0 Å². The molecule has 2 unspecified atom stereocenters. The number of rotatable bonds is 5. The summed E-state index contributed by atoms with van der Waals surface area (Å²) in [5.74, 6) is 0. The molecule has 0 spiro atoms. The van der Waals surface area contributed by atoms with Crippen LogP contribution in [0.3, 0.4) is 0 Å². The quantitative estimate of drug-likeness (QED) is 0.883. The van der Waals surface area contributed by atoms with E-state index in [2.05, 4.69) is 35.7 Å². The Morgan fingerprint density at radius 1 is 1.47 bits per heavy atom. The molecule has 1 aromatic rings. The van der Waals surface area contributed by atoms with Gasteiger partial charge in [-0.05, 0) is 43.9 Å². The highest BCUT2D eigenvalue weighted by molar-refractivity contribution is 5.31. The molecule has 1 N–H and O–H groups in total. The first kappa shape index (κ1) is 14.0. The minimum Gasteiger partial charge on any atom is -0.370 e. The van der Waals surface area contributed by atoms with Crippen molar-refractivity contribution in [2.45, 2.75) is 44.8 Å². The van der Waals surface area contributed by atoms with Gasteiger partial charge in [0.05, 0.1) is 18.8 Å². The van der Waals surface area contributed by atoms with Crippen molar-refractivity contribution in [1.29, 1.82) is 5.26 Å². The highest BCUT2D eigenvalue weighted by Crippen LogP contribution is 2.32. The molecule has 3 nitrogen and oxygen atoms in total. The van der Waals surface area contributed by atoms with Gasteiger partial charge in [0.25, 0.3) is 0 Å². The lowest BCUT2D eigenvalue weighted by Gasteiger charge is -2.29. The Hall–Kier alpha value is -1.37. The van der Waals surface area contributed by atoms with Crippen molar-refractivity contribution in [1.82, 2.24) is 5.32 Å². The number of benzene rings is 1. The fraction of sp³-hybridized carbons (Fsp3) is 0.562. The fourth-order valence-electron chi connectivity index (χ4n) is 2.66. The van der Waals surface area contributed by atoms with Gasteiger partial charge in [-0.25, -0.2) is 0 Å². The average molecular weight is 258 g/mol. The van der Waals surface area contributed by atoms with E-state index in [1.165, 1.54) is 11.1 Å². The monoisotopic (exact) mass is 258 g/mol. The van der Waals surface area contributed by atoms with Crippen LogP contribution in [0.15, 0.2) is 24.3 Å². The van der Waals surface area contributed by atoms with Crippen LogP contribution in [0.25, 0.3) is 0 Å². The molecular weight excluding hydrogens is 236 g/mol. The number of likely N-dealkylation sites (N-methyl/N-ethyl adjacent to an activating group) is 1. The number of nitriles is 1. The van der Waals surface area contributed by atoms with Crippen LogP contribution < -0.4 is 5.32 Å². The number of nitrogens with one attached hydrogen (secondary N) is 1. The SMILES string of the molecule is CCNC(C)(C#N)COC1CCCc2ccccc21. The van der Waals surface area contributed by atoms with Crippen LogP contribution in [0, 0.1) is 11.3 Å². The van der Waals surface area contributed by atoms with Gasteiger partial charge < -0.3 is 4.74 Å². The summed E-state index contributed by atoms with van der Waals surface area (Å²) in [5.41, 5.74) is 2.09. The maximum Gasteiger partial charge on any atom is 0.127 e. The van der Waals surface area contributed by atoms with E-state index in [4.69, 9.17) is 4.74 Å². The number of nitrogens with zero attached hydrogens (tertiary/aromatic N) is 1. The van der Waals surface area contributed by atoms with Crippen molar-refractivity contribution in [3.05, 3.63) is 35.4 Å². The second-order valence-corrected chi connectivity index (χ2v) is 5.36. The van der Waals surface area contributed by atoms with E-state index in [0.717, 1.165) is 25.8 Å². The van der Waals surface area contributed by atoms with Crippen molar-refractivity contribution in [2.75, 3.05) is 13.2 Å². The summed E-state index contributed by atoms with van der Waals surface area (Å²) in [6, 6.07) is 10.8. The van der Waals surface area contributed by atoms with Crippen LogP contribution in [0.4, 0.5) is 0 Å². The van der Waals surface area contributed by atoms with Crippen LogP contribution in [-0.4, -0.2) is 18.7 Å². The Bertz CT molecular complexity index is 466. The first-order valence-electron chi connectivity index (χ1n) is 7.04. The molecule has 0 saturated heterocycles. The number of aryl methyl sites for hydroxylation is 1. The van der Waals surface area contributed by atoms with Gasteiger partial charge in [-0.3, -0.25) is 5.32 Å². The van der Waals surface area contributed by atoms with Crippen molar-refractivity contribution < 1.29 is 4.74 Å². The molecule has 1 aliphatic rings. The standard InChI is InChI=1S/C16H22N2O/c1-3-18-16(2,11-17)12-19-15-10-6-8-13-7-4-5-9-14(13)15/h4-5,7,9,15,18H,3,6,8,10,12H2,1-2H3. The maximum atomic E-state index is 9.25. The third-order valence-electron chi connectivity index (χ3n) is 3.70. The predicted octanol–water partition coefficient (Wildman–Crippen LogP) is 2.97. The zero-order valence-corrected chi connectivity index (χ0v) is 11.8.